The first-order valence-corrected chi connectivity index (χ1v) is 9.30. The van der Waals surface area contributed by atoms with Gasteiger partial charge in [0.05, 0.1) is 20.3 Å². The molecule has 2 aromatic carbocycles. The van der Waals surface area contributed by atoms with E-state index >= 15 is 0 Å². The first-order valence-electron chi connectivity index (χ1n) is 9.30. The SMILES string of the molecule is COc1cc(NC(=O)Nc2ccc(N3CCC(OC)CC3)cc2)cc(OC)c1. The summed E-state index contributed by atoms with van der Waals surface area (Å²) in [5.74, 6) is 1.22. The molecule has 0 radical (unpaired) electrons. The van der Waals surface area contributed by atoms with Crippen molar-refractivity contribution < 1.29 is 19.0 Å². The molecule has 0 aromatic heterocycles. The molecular formula is C21H27N3O4. The molecule has 2 amide bonds. The van der Waals surface area contributed by atoms with Gasteiger partial charge in [-0.15, -0.1) is 0 Å². The van der Waals surface area contributed by atoms with E-state index in [0.29, 0.717) is 23.3 Å². The molecule has 7 nitrogen and oxygen atoms in total. The van der Waals surface area contributed by atoms with Crippen molar-refractivity contribution >= 4 is 23.1 Å². The maximum Gasteiger partial charge on any atom is 0.323 e. The summed E-state index contributed by atoms with van der Waals surface area (Å²) in [5.41, 5.74) is 2.47. The molecule has 2 aromatic rings. The zero-order valence-corrected chi connectivity index (χ0v) is 16.5. The van der Waals surface area contributed by atoms with Crippen LogP contribution >= 0.6 is 0 Å². The number of ether oxygens (including phenoxy) is 3. The van der Waals surface area contributed by atoms with Gasteiger partial charge in [0.15, 0.2) is 0 Å². The molecule has 1 heterocycles. The third-order valence-electron chi connectivity index (χ3n) is 4.87. The van der Waals surface area contributed by atoms with Crippen LogP contribution in [0.2, 0.25) is 0 Å². The van der Waals surface area contributed by atoms with Gasteiger partial charge < -0.3 is 29.7 Å². The zero-order chi connectivity index (χ0) is 19.9. The van der Waals surface area contributed by atoms with Crippen LogP contribution in [0.3, 0.4) is 0 Å². The molecule has 3 rings (SSSR count). The van der Waals surface area contributed by atoms with Crippen LogP contribution in [0.25, 0.3) is 0 Å². The maximum absolute atomic E-state index is 12.3. The van der Waals surface area contributed by atoms with Crippen molar-refractivity contribution in [2.24, 2.45) is 0 Å². The van der Waals surface area contributed by atoms with Crippen LogP contribution in [0.15, 0.2) is 42.5 Å². The molecule has 2 N–H and O–H groups in total. The summed E-state index contributed by atoms with van der Waals surface area (Å²) in [7, 11) is 4.91. The van der Waals surface area contributed by atoms with Crippen LogP contribution in [0.5, 0.6) is 11.5 Å². The number of hydrogen-bond acceptors (Lipinski definition) is 5. The molecule has 0 aliphatic carbocycles. The average molecular weight is 385 g/mol. The number of anilines is 3. The molecule has 0 spiro atoms. The molecule has 0 unspecified atom stereocenters. The Morgan fingerprint density at radius 1 is 0.893 bits per heavy atom. The molecule has 1 saturated heterocycles. The fourth-order valence-electron chi connectivity index (χ4n) is 3.28. The van der Waals surface area contributed by atoms with Crippen molar-refractivity contribution in [3.8, 4) is 11.5 Å². The second kappa shape index (κ2) is 9.32. The van der Waals surface area contributed by atoms with Gasteiger partial charge in [0.1, 0.15) is 11.5 Å². The molecule has 0 bridgehead atoms. The van der Waals surface area contributed by atoms with Crippen LogP contribution in [0.1, 0.15) is 12.8 Å². The molecule has 150 valence electrons. The minimum Gasteiger partial charge on any atom is -0.497 e. The molecule has 28 heavy (non-hydrogen) atoms. The molecule has 1 aliphatic rings. The number of hydrogen-bond donors (Lipinski definition) is 2. The first-order chi connectivity index (χ1) is 13.6. The number of piperidine rings is 1. The Balaban J connectivity index is 1.57. The highest BCUT2D eigenvalue weighted by Gasteiger charge is 2.18. The quantitative estimate of drug-likeness (QED) is 0.787. The molecule has 0 saturated carbocycles. The van der Waals surface area contributed by atoms with Gasteiger partial charge in [-0.3, -0.25) is 0 Å². The predicted molar refractivity (Wildman–Crippen MR) is 111 cm³/mol. The normalized spacial score (nSPS) is 14.5. The van der Waals surface area contributed by atoms with Gasteiger partial charge in [-0.05, 0) is 37.1 Å². The van der Waals surface area contributed by atoms with Gasteiger partial charge in [-0.1, -0.05) is 0 Å². The van der Waals surface area contributed by atoms with Crippen molar-refractivity contribution in [3.05, 3.63) is 42.5 Å². The second-order valence-electron chi connectivity index (χ2n) is 6.65. The number of carbonyl (C=O) groups is 1. The summed E-state index contributed by atoms with van der Waals surface area (Å²) in [4.78, 5) is 14.6. The number of rotatable bonds is 6. The standard InChI is InChI=1S/C21H27N3O4/c1-26-18-8-10-24(11-9-18)17-6-4-15(5-7-17)22-21(25)23-16-12-19(27-2)14-20(13-16)28-3/h4-7,12-14,18H,8-11H2,1-3H3,(H2,22,23,25). The maximum atomic E-state index is 12.3. The Bertz CT molecular complexity index is 764. The van der Waals surface area contributed by atoms with Crippen LogP contribution in [-0.2, 0) is 4.74 Å². The van der Waals surface area contributed by atoms with Gasteiger partial charge in [0.2, 0.25) is 0 Å². The summed E-state index contributed by atoms with van der Waals surface area (Å²) in [6.07, 6.45) is 2.42. The van der Waals surface area contributed by atoms with Gasteiger partial charge in [-0.25, -0.2) is 4.79 Å². The lowest BCUT2D eigenvalue weighted by molar-refractivity contribution is 0.0819. The first kappa shape index (κ1) is 19.8. The number of nitrogens with one attached hydrogen (secondary N) is 2. The lowest BCUT2D eigenvalue weighted by atomic mass is 10.1. The Hall–Kier alpha value is -2.93. The highest BCUT2D eigenvalue weighted by molar-refractivity contribution is 6.00. The third-order valence-corrected chi connectivity index (χ3v) is 4.87. The Morgan fingerprint density at radius 3 is 2.00 bits per heavy atom. The van der Waals surface area contributed by atoms with Crippen molar-refractivity contribution in [2.75, 3.05) is 50.0 Å². The van der Waals surface area contributed by atoms with Gasteiger partial charge in [-0.2, -0.15) is 0 Å². The van der Waals surface area contributed by atoms with E-state index in [1.807, 2.05) is 24.3 Å². The van der Waals surface area contributed by atoms with E-state index in [9.17, 15) is 4.79 Å². The monoisotopic (exact) mass is 385 g/mol. The molecule has 1 aliphatic heterocycles. The minimum absolute atomic E-state index is 0.330. The van der Waals surface area contributed by atoms with Crippen LogP contribution in [-0.4, -0.2) is 46.6 Å². The molecule has 1 fully saturated rings. The lowest BCUT2D eigenvalue weighted by Gasteiger charge is -2.33. The summed E-state index contributed by atoms with van der Waals surface area (Å²) in [5, 5.41) is 5.64. The fraction of sp³-hybridized carbons (Fsp3) is 0.381. The minimum atomic E-state index is -0.330. The molecular weight excluding hydrogens is 358 g/mol. The highest BCUT2D eigenvalue weighted by atomic mass is 16.5. The third kappa shape index (κ3) is 5.07. The van der Waals surface area contributed by atoms with Crippen molar-refractivity contribution in [3.63, 3.8) is 0 Å². The van der Waals surface area contributed by atoms with Crippen molar-refractivity contribution in [1.29, 1.82) is 0 Å². The van der Waals surface area contributed by atoms with E-state index in [4.69, 9.17) is 14.2 Å². The number of amides is 2. The molecule has 0 atom stereocenters. The Kier molecular flexibility index (Phi) is 6.60. The number of carbonyl (C=O) groups excluding carboxylic acids is 1. The number of nitrogens with zero attached hydrogens (tertiary/aromatic N) is 1. The van der Waals surface area contributed by atoms with Gasteiger partial charge in [0.25, 0.3) is 0 Å². The predicted octanol–water partition coefficient (Wildman–Crippen LogP) is 3.96. The van der Waals surface area contributed by atoms with E-state index in [1.54, 1.807) is 39.5 Å². The zero-order valence-electron chi connectivity index (χ0n) is 16.5. The summed E-state index contributed by atoms with van der Waals surface area (Å²) in [6.45, 7) is 1.95. The van der Waals surface area contributed by atoms with E-state index in [0.717, 1.165) is 37.3 Å². The van der Waals surface area contributed by atoms with Crippen LogP contribution in [0, 0.1) is 0 Å². The Morgan fingerprint density at radius 2 is 1.46 bits per heavy atom. The molecule has 7 heteroatoms. The topological polar surface area (TPSA) is 72.1 Å². The van der Waals surface area contributed by atoms with E-state index < -0.39 is 0 Å². The smallest absolute Gasteiger partial charge is 0.323 e. The lowest BCUT2D eigenvalue weighted by Crippen LogP contribution is -2.36. The van der Waals surface area contributed by atoms with E-state index in [2.05, 4.69) is 15.5 Å². The number of benzene rings is 2. The summed E-state index contributed by atoms with van der Waals surface area (Å²) >= 11 is 0. The second-order valence-corrected chi connectivity index (χ2v) is 6.65. The van der Waals surface area contributed by atoms with Gasteiger partial charge in [0, 0.05) is 55.5 Å². The van der Waals surface area contributed by atoms with Gasteiger partial charge >= 0.3 is 6.03 Å². The summed E-state index contributed by atoms with van der Waals surface area (Å²) in [6, 6.07) is 12.7. The van der Waals surface area contributed by atoms with Crippen LogP contribution < -0.4 is 25.0 Å². The van der Waals surface area contributed by atoms with Crippen molar-refractivity contribution in [1.82, 2.24) is 0 Å². The Labute approximate surface area is 165 Å². The number of methoxy groups -OCH3 is 3. The van der Waals surface area contributed by atoms with E-state index in [-0.39, 0.29) is 6.03 Å². The summed E-state index contributed by atoms with van der Waals surface area (Å²) < 4.78 is 15.9. The largest absolute Gasteiger partial charge is 0.497 e. The highest BCUT2D eigenvalue weighted by Crippen LogP contribution is 2.26. The van der Waals surface area contributed by atoms with Crippen LogP contribution in [0.4, 0.5) is 21.9 Å². The number of urea groups is 1. The van der Waals surface area contributed by atoms with E-state index in [1.165, 1.54) is 0 Å². The van der Waals surface area contributed by atoms with Crippen molar-refractivity contribution in [2.45, 2.75) is 18.9 Å². The average Bonchev–Trinajstić information content (AvgIpc) is 2.74. The fourth-order valence-corrected chi connectivity index (χ4v) is 3.28.